The molecule has 2 saturated heterocycles. The fourth-order valence-corrected chi connectivity index (χ4v) is 3.34. The smallest absolute Gasteiger partial charge is 0.225 e. The zero-order valence-corrected chi connectivity index (χ0v) is 12.4. The largest absolute Gasteiger partial charge is 0.397 e. The van der Waals surface area contributed by atoms with E-state index in [1.165, 1.54) is 19.4 Å². The van der Waals surface area contributed by atoms with Crippen molar-refractivity contribution in [1.82, 2.24) is 9.80 Å². The van der Waals surface area contributed by atoms with Crippen LogP contribution in [0.2, 0.25) is 0 Å². The third kappa shape index (κ3) is 3.54. The summed E-state index contributed by atoms with van der Waals surface area (Å²) in [6.07, 6.45) is 3.16. The number of hydrogen-bond acceptors (Lipinski definition) is 4. The Labute approximate surface area is 126 Å². The van der Waals surface area contributed by atoms with Gasteiger partial charge in [-0.25, -0.2) is 0 Å². The number of benzene rings is 1. The second-order valence-corrected chi connectivity index (χ2v) is 6.02. The lowest BCUT2D eigenvalue weighted by Crippen LogP contribution is -2.50. The van der Waals surface area contributed by atoms with Gasteiger partial charge in [0.25, 0.3) is 0 Å². The predicted octanol–water partition coefficient (Wildman–Crippen LogP) is 1.38. The zero-order chi connectivity index (χ0) is 14.7. The van der Waals surface area contributed by atoms with Gasteiger partial charge in [0.2, 0.25) is 5.91 Å². The Balaban J connectivity index is 1.45. The fourth-order valence-electron chi connectivity index (χ4n) is 3.34. The van der Waals surface area contributed by atoms with Gasteiger partial charge in [0, 0.05) is 38.6 Å². The van der Waals surface area contributed by atoms with E-state index in [0.717, 1.165) is 26.2 Å². The number of amides is 1. The standard InChI is InChI=1S/C16H24N4O/c17-14-5-1-2-6-15(14)18-16(21)7-9-19-10-11-20-8-3-4-13(20)12-19/h1-2,5-6,13H,3-4,7-12,17H2,(H,18,21). The Morgan fingerprint density at radius 2 is 2.14 bits per heavy atom. The normalized spacial score (nSPS) is 23.0. The number of piperazine rings is 1. The van der Waals surface area contributed by atoms with Gasteiger partial charge in [-0.2, -0.15) is 0 Å². The van der Waals surface area contributed by atoms with Crippen LogP contribution in [0.5, 0.6) is 0 Å². The predicted molar refractivity (Wildman–Crippen MR) is 85.1 cm³/mol. The lowest BCUT2D eigenvalue weighted by atomic mass is 10.1. The highest BCUT2D eigenvalue weighted by Gasteiger charge is 2.30. The highest BCUT2D eigenvalue weighted by molar-refractivity contribution is 5.93. The molecule has 0 aliphatic carbocycles. The van der Waals surface area contributed by atoms with E-state index in [4.69, 9.17) is 5.73 Å². The molecule has 0 aromatic heterocycles. The van der Waals surface area contributed by atoms with Crippen molar-refractivity contribution in [3.8, 4) is 0 Å². The minimum Gasteiger partial charge on any atom is -0.397 e. The number of para-hydroxylation sites is 2. The van der Waals surface area contributed by atoms with Crippen molar-refractivity contribution >= 4 is 17.3 Å². The minimum atomic E-state index is 0.0433. The molecule has 0 spiro atoms. The monoisotopic (exact) mass is 288 g/mol. The molecule has 2 fully saturated rings. The third-order valence-electron chi connectivity index (χ3n) is 4.56. The molecule has 5 heteroatoms. The molecule has 0 saturated carbocycles. The van der Waals surface area contributed by atoms with Crippen molar-refractivity contribution in [2.75, 3.05) is 43.8 Å². The van der Waals surface area contributed by atoms with E-state index in [1.807, 2.05) is 18.2 Å². The molecule has 1 unspecified atom stereocenters. The summed E-state index contributed by atoms with van der Waals surface area (Å²) in [7, 11) is 0. The van der Waals surface area contributed by atoms with Gasteiger partial charge in [-0.05, 0) is 31.5 Å². The Morgan fingerprint density at radius 1 is 1.29 bits per heavy atom. The molecule has 1 aromatic rings. The number of nitrogens with two attached hydrogens (primary N) is 1. The average molecular weight is 288 g/mol. The highest BCUT2D eigenvalue weighted by atomic mass is 16.1. The maximum absolute atomic E-state index is 12.0. The lowest BCUT2D eigenvalue weighted by Gasteiger charge is -2.37. The molecule has 0 bridgehead atoms. The lowest BCUT2D eigenvalue weighted by molar-refractivity contribution is -0.116. The molecule has 21 heavy (non-hydrogen) atoms. The summed E-state index contributed by atoms with van der Waals surface area (Å²) in [6, 6.07) is 8.10. The van der Waals surface area contributed by atoms with Gasteiger partial charge < -0.3 is 11.1 Å². The maximum Gasteiger partial charge on any atom is 0.225 e. The van der Waals surface area contributed by atoms with Crippen LogP contribution in [0.15, 0.2) is 24.3 Å². The fraction of sp³-hybridized carbons (Fsp3) is 0.562. The molecule has 5 nitrogen and oxygen atoms in total. The number of fused-ring (bicyclic) bond motifs is 1. The first kappa shape index (κ1) is 14.4. The van der Waals surface area contributed by atoms with Crippen molar-refractivity contribution in [2.45, 2.75) is 25.3 Å². The van der Waals surface area contributed by atoms with Crippen LogP contribution in [0, 0.1) is 0 Å². The highest BCUT2D eigenvalue weighted by Crippen LogP contribution is 2.21. The van der Waals surface area contributed by atoms with Gasteiger partial charge in [0.1, 0.15) is 0 Å². The summed E-state index contributed by atoms with van der Waals surface area (Å²) in [5.74, 6) is 0.0433. The van der Waals surface area contributed by atoms with Crippen LogP contribution in [0.3, 0.4) is 0 Å². The van der Waals surface area contributed by atoms with Crippen molar-refractivity contribution in [2.24, 2.45) is 0 Å². The number of nitrogens with zero attached hydrogens (tertiary/aromatic N) is 2. The van der Waals surface area contributed by atoms with Crippen LogP contribution < -0.4 is 11.1 Å². The summed E-state index contributed by atoms with van der Waals surface area (Å²) in [4.78, 5) is 17.0. The molecule has 0 radical (unpaired) electrons. The van der Waals surface area contributed by atoms with E-state index < -0.39 is 0 Å². The van der Waals surface area contributed by atoms with Gasteiger partial charge in [-0.3, -0.25) is 14.6 Å². The van der Waals surface area contributed by atoms with Gasteiger partial charge in [-0.1, -0.05) is 12.1 Å². The van der Waals surface area contributed by atoms with E-state index in [2.05, 4.69) is 15.1 Å². The summed E-state index contributed by atoms with van der Waals surface area (Å²) in [5.41, 5.74) is 7.16. The second kappa shape index (κ2) is 6.45. The number of rotatable bonds is 4. The Bertz CT molecular complexity index is 505. The quantitative estimate of drug-likeness (QED) is 0.822. The SMILES string of the molecule is Nc1ccccc1NC(=O)CCN1CCN2CCCC2C1. The Kier molecular flexibility index (Phi) is 4.41. The topological polar surface area (TPSA) is 61.6 Å². The number of nitrogens with one attached hydrogen (secondary N) is 1. The first-order valence-electron chi connectivity index (χ1n) is 7.83. The van der Waals surface area contributed by atoms with E-state index >= 15 is 0 Å². The molecule has 2 aliphatic heterocycles. The number of nitrogen functional groups attached to an aromatic ring is 1. The van der Waals surface area contributed by atoms with E-state index in [9.17, 15) is 4.79 Å². The molecule has 2 heterocycles. The van der Waals surface area contributed by atoms with Crippen molar-refractivity contribution in [3.05, 3.63) is 24.3 Å². The van der Waals surface area contributed by atoms with Crippen LogP contribution in [-0.4, -0.2) is 54.5 Å². The van der Waals surface area contributed by atoms with Crippen LogP contribution in [0.4, 0.5) is 11.4 Å². The minimum absolute atomic E-state index is 0.0433. The van der Waals surface area contributed by atoms with E-state index in [-0.39, 0.29) is 5.91 Å². The van der Waals surface area contributed by atoms with E-state index in [1.54, 1.807) is 6.07 Å². The number of carbonyl (C=O) groups excluding carboxylic acids is 1. The molecule has 1 atom stereocenters. The Hall–Kier alpha value is -1.59. The van der Waals surface area contributed by atoms with Crippen molar-refractivity contribution in [1.29, 1.82) is 0 Å². The Morgan fingerprint density at radius 3 is 3.00 bits per heavy atom. The summed E-state index contributed by atoms with van der Waals surface area (Å²) in [5, 5.41) is 2.90. The van der Waals surface area contributed by atoms with Gasteiger partial charge in [-0.15, -0.1) is 0 Å². The van der Waals surface area contributed by atoms with Gasteiger partial charge in [0.15, 0.2) is 0 Å². The van der Waals surface area contributed by atoms with Gasteiger partial charge in [0.05, 0.1) is 11.4 Å². The molecule has 3 rings (SSSR count). The number of carbonyl (C=O) groups is 1. The maximum atomic E-state index is 12.0. The average Bonchev–Trinajstić information content (AvgIpc) is 2.95. The molecule has 3 N–H and O–H groups in total. The molecule has 1 aromatic carbocycles. The van der Waals surface area contributed by atoms with Gasteiger partial charge >= 0.3 is 0 Å². The third-order valence-corrected chi connectivity index (χ3v) is 4.56. The molecule has 1 amide bonds. The number of hydrogen-bond donors (Lipinski definition) is 2. The summed E-state index contributed by atoms with van der Waals surface area (Å²) in [6.45, 7) is 5.44. The first-order valence-corrected chi connectivity index (χ1v) is 7.83. The van der Waals surface area contributed by atoms with E-state index in [0.29, 0.717) is 23.8 Å². The molecule has 114 valence electrons. The molecular weight excluding hydrogens is 264 g/mol. The molecule has 2 aliphatic rings. The van der Waals surface area contributed by atoms with Crippen LogP contribution in [-0.2, 0) is 4.79 Å². The number of anilines is 2. The molecular formula is C16H24N4O. The first-order chi connectivity index (χ1) is 10.2. The second-order valence-electron chi connectivity index (χ2n) is 6.02. The summed E-state index contributed by atoms with van der Waals surface area (Å²) >= 11 is 0. The zero-order valence-electron chi connectivity index (χ0n) is 12.4. The van der Waals surface area contributed by atoms with Crippen LogP contribution in [0.25, 0.3) is 0 Å². The van der Waals surface area contributed by atoms with Crippen molar-refractivity contribution < 1.29 is 4.79 Å². The summed E-state index contributed by atoms with van der Waals surface area (Å²) < 4.78 is 0. The van der Waals surface area contributed by atoms with Crippen LogP contribution in [0.1, 0.15) is 19.3 Å². The van der Waals surface area contributed by atoms with Crippen LogP contribution >= 0.6 is 0 Å². The van der Waals surface area contributed by atoms with Crippen molar-refractivity contribution in [3.63, 3.8) is 0 Å².